The van der Waals surface area contributed by atoms with Gasteiger partial charge in [0, 0.05) is 25.1 Å². The van der Waals surface area contributed by atoms with E-state index in [4.69, 9.17) is 0 Å². The molecule has 5 nitrogen and oxygen atoms in total. The summed E-state index contributed by atoms with van der Waals surface area (Å²) in [6.07, 6.45) is 0. The van der Waals surface area contributed by atoms with Gasteiger partial charge in [0.25, 0.3) is 0 Å². The van der Waals surface area contributed by atoms with Crippen LogP contribution in [0.2, 0.25) is 0 Å². The Hall–Kier alpha value is -0.660. The number of nitrogens with zero attached hydrogens (tertiary/aromatic N) is 2. The van der Waals surface area contributed by atoms with Gasteiger partial charge in [0.1, 0.15) is 5.82 Å². The maximum atomic E-state index is 11.5. The Morgan fingerprint density at radius 1 is 1.41 bits per heavy atom. The molecule has 0 aliphatic heterocycles. The van der Waals surface area contributed by atoms with Gasteiger partial charge in [-0.1, -0.05) is 0 Å². The molecule has 1 rings (SSSR count). The Bertz CT molecular complexity index is 488. The van der Waals surface area contributed by atoms with Gasteiger partial charge in [-0.2, -0.15) is 0 Å². The number of nitrogens with one attached hydrogen (secondary N) is 1. The summed E-state index contributed by atoms with van der Waals surface area (Å²) in [5, 5.41) is 2.99. The van der Waals surface area contributed by atoms with E-state index in [2.05, 4.69) is 26.2 Å². The second-order valence-corrected chi connectivity index (χ2v) is 6.95. The van der Waals surface area contributed by atoms with E-state index in [1.807, 2.05) is 13.0 Å². The molecule has 1 N–H and O–H groups in total. The lowest BCUT2D eigenvalue weighted by atomic mass is 10.4. The quantitative estimate of drug-likeness (QED) is 0.891. The molecular weight excluding hydrogens is 306 g/mol. The molecule has 0 radical (unpaired) electrons. The minimum absolute atomic E-state index is 0.0524. The fourth-order valence-electron chi connectivity index (χ4n) is 1.13. The Morgan fingerprint density at radius 2 is 2.06 bits per heavy atom. The van der Waals surface area contributed by atoms with Crippen LogP contribution >= 0.6 is 15.9 Å². The minimum atomic E-state index is -3.15. The molecule has 0 saturated heterocycles. The van der Waals surface area contributed by atoms with Crippen molar-refractivity contribution in [2.24, 2.45) is 0 Å². The number of anilines is 1. The standard InChI is InChI=1S/C10H16BrN3O2S/c1-8-9(11)4-5-10(13-8)12-6-7-17(15,16)14(2)3/h4-5H,6-7H2,1-3H3,(H,12,13). The summed E-state index contributed by atoms with van der Waals surface area (Å²) in [6.45, 7) is 2.22. The topological polar surface area (TPSA) is 62.3 Å². The highest BCUT2D eigenvalue weighted by atomic mass is 79.9. The largest absolute Gasteiger partial charge is 0.369 e. The van der Waals surface area contributed by atoms with Gasteiger partial charge in [-0.25, -0.2) is 17.7 Å². The maximum Gasteiger partial charge on any atom is 0.215 e. The molecule has 0 aliphatic carbocycles. The van der Waals surface area contributed by atoms with Crippen molar-refractivity contribution in [3.05, 3.63) is 22.3 Å². The van der Waals surface area contributed by atoms with Gasteiger partial charge in [0.15, 0.2) is 0 Å². The first kappa shape index (κ1) is 14.4. The molecule has 0 atom stereocenters. The highest BCUT2D eigenvalue weighted by Crippen LogP contribution is 2.15. The minimum Gasteiger partial charge on any atom is -0.369 e. The second-order valence-electron chi connectivity index (χ2n) is 3.79. The third kappa shape index (κ3) is 4.25. The summed E-state index contributed by atoms with van der Waals surface area (Å²) in [6, 6.07) is 3.68. The van der Waals surface area contributed by atoms with Crippen molar-refractivity contribution in [2.75, 3.05) is 31.7 Å². The summed E-state index contributed by atoms with van der Waals surface area (Å²) in [7, 11) is -0.103. The number of halogens is 1. The zero-order chi connectivity index (χ0) is 13.1. The Kier molecular flexibility index (Phi) is 4.91. The molecule has 0 aliphatic rings. The zero-order valence-corrected chi connectivity index (χ0v) is 12.5. The number of hydrogen-bond donors (Lipinski definition) is 1. The fourth-order valence-corrected chi connectivity index (χ4v) is 2.08. The van der Waals surface area contributed by atoms with Gasteiger partial charge >= 0.3 is 0 Å². The van der Waals surface area contributed by atoms with Crippen LogP contribution in [-0.2, 0) is 10.0 Å². The Morgan fingerprint density at radius 3 is 2.59 bits per heavy atom. The molecule has 0 spiro atoms. The summed E-state index contributed by atoms with van der Waals surface area (Å²) in [5.74, 6) is 0.733. The molecule has 0 saturated carbocycles. The molecule has 1 aromatic rings. The van der Waals surface area contributed by atoms with Gasteiger partial charge in [-0.05, 0) is 35.0 Å². The lowest BCUT2D eigenvalue weighted by Gasteiger charge is -2.12. The number of hydrogen-bond acceptors (Lipinski definition) is 4. The predicted octanol–water partition coefficient (Wildman–Crippen LogP) is 1.46. The van der Waals surface area contributed by atoms with Crippen molar-refractivity contribution >= 4 is 31.8 Å². The molecule has 0 unspecified atom stereocenters. The summed E-state index contributed by atoms with van der Waals surface area (Å²) < 4.78 is 25.2. The van der Waals surface area contributed by atoms with Crippen molar-refractivity contribution in [3.63, 3.8) is 0 Å². The van der Waals surface area contributed by atoms with Crippen LogP contribution in [0.1, 0.15) is 5.69 Å². The van der Waals surface area contributed by atoms with Crippen LogP contribution < -0.4 is 5.32 Å². The average Bonchev–Trinajstić information content (AvgIpc) is 2.23. The van der Waals surface area contributed by atoms with E-state index in [0.29, 0.717) is 12.4 Å². The molecule has 0 amide bonds. The highest BCUT2D eigenvalue weighted by Gasteiger charge is 2.12. The molecule has 1 aromatic heterocycles. The third-order valence-electron chi connectivity index (χ3n) is 2.24. The van der Waals surface area contributed by atoms with Crippen LogP contribution in [0.25, 0.3) is 0 Å². The van der Waals surface area contributed by atoms with E-state index in [9.17, 15) is 8.42 Å². The second kappa shape index (κ2) is 5.79. The van der Waals surface area contributed by atoms with Gasteiger partial charge in [0.2, 0.25) is 10.0 Å². The molecular formula is C10H16BrN3O2S. The lowest BCUT2D eigenvalue weighted by molar-refractivity contribution is 0.521. The van der Waals surface area contributed by atoms with E-state index < -0.39 is 10.0 Å². The van der Waals surface area contributed by atoms with Crippen LogP contribution in [0.4, 0.5) is 5.82 Å². The normalized spacial score (nSPS) is 11.8. The molecule has 0 fully saturated rings. The molecule has 7 heteroatoms. The number of pyridine rings is 1. The third-order valence-corrected chi connectivity index (χ3v) is 4.91. The highest BCUT2D eigenvalue weighted by molar-refractivity contribution is 9.10. The first-order chi connectivity index (χ1) is 7.83. The van der Waals surface area contributed by atoms with Crippen molar-refractivity contribution < 1.29 is 8.42 Å². The fraction of sp³-hybridized carbons (Fsp3) is 0.500. The van der Waals surface area contributed by atoms with E-state index in [1.165, 1.54) is 18.4 Å². The van der Waals surface area contributed by atoms with Crippen LogP contribution in [0.5, 0.6) is 0 Å². The maximum absolute atomic E-state index is 11.5. The van der Waals surface area contributed by atoms with Crippen LogP contribution in [0.3, 0.4) is 0 Å². The number of aryl methyl sites for hydroxylation is 1. The average molecular weight is 322 g/mol. The SMILES string of the molecule is Cc1nc(NCCS(=O)(=O)N(C)C)ccc1Br. The molecule has 0 aromatic carbocycles. The van der Waals surface area contributed by atoms with Gasteiger partial charge in [-0.3, -0.25) is 0 Å². The summed E-state index contributed by atoms with van der Waals surface area (Å²) >= 11 is 3.36. The Labute approximate surface area is 110 Å². The first-order valence-electron chi connectivity index (χ1n) is 5.10. The van der Waals surface area contributed by atoms with Crippen LogP contribution in [0.15, 0.2) is 16.6 Å². The molecule has 1 heterocycles. The smallest absolute Gasteiger partial charge is 0.215 e. The van der Waals surface area contributed by atoms with Gasteiger partial charge in [-0.15, -0.1) is 0 Å². The molecule has 17 heavy (non-hydrogen) atoms. The van der Waals surface area contributed by atoms with Crippen molar-refractivity contribution in [1.82, 2.24) is 9.29 Å². The molecule has 0 bridgehead atoms. The predicted molar refractivity (Wildman–Crippen MR) is 72.6 cm³/mol. The van der Waals surface area contributed by atoms with E-state index in [0.717, 1.165) is 10.2 Å². The zero-order valence-electron chi connectivity index (χ0n) is 10.1. The van der Waals surface area contributed by atoms with E-state index in [1.54, 1.807) is 6.07 Å². The lowest BCUT2D eigenvalue weighted by Crippen LogP contribution is -2.28. The monoisotopic (exact) mass is 321 g/mol. The van der Waals surface area contributed by atoms with Crippen molar-refractivity contribution in [1.29, 1.82) is 0 Å². The van der Waals surface area contributed by atoms with Crippen LogP contribution in [-0.4, -0.2) is 44.1 Å². The van der Waals surface area contributed by atoms with Crippen molar-refractivity contribution in [2.45, 2.75) is 6.92 Å². The number of rotatable bonds is 5. The Balaban J connectivity index is 2.55. The first-order valence-corrected chi connectivity index (χ1v) is 7.50. The number of sulfonamides is 1. The number of aromatic nitrogens is 1. The summed E-state index contributed by atoms with van der Waals surface area (Å²) in [5.41, 5.74) is 0.866. The van der Waals surface area contributed by atoms with E-state index in [-0.39, 0.29) is 5.75 Å². The van der Waals surface area contributed by atoms with E-state index >= 15 is 0 Å². The van der Waals surface area contributed by atoms with Gasteiger partial charge in [0.05, 0.1) is 11.4 Å². The summed E-state index contributed by atoms with van der Waals surface area (Å²) in [4.78, 5) is 4.27. The molecule has 96 valence electrons. The van der Waals surface area contributed by atoms with Gasteiger partial charge < -0.3 is 5.32 Å². The van der Waals surface area contributed by atoms with Crippen molar-refractivity contribution in [3.8, 4) is 0 Å². The van der Waals surface area contributed by atoms with Crippen LogP contribution in [0, 0.1) is 6.92 Å².